The Morgan fingerprint density at radius 2 is 2.42 bits per heavy atom. The monoisotopic (exact) mass is 231 g/mol. The Hall–Kier alpha value is -0.840. The quantitative estimate of drug-likeness (QED) is 0.759. The molecular formula is C7H10BrN3O. The maximum atomic E-state index is 11.3. The lowest BCUT2D eigenvalue weighted by atomic mass is 10.2. The molecule has 1 heterocycles. The fourth-order valence-corrected chi connectivity index (χ4v) is 0.696. The molecule has 0 fully saturated rings. The zero-order valence-electron chi connectivity index (χ0n) is 6.89. The van der Waals surface area contributed by atoms with Gasteiger partial charge in [0.15, 0.2) is 0 Å². The third-order valence-electron chi connectivity index (χ3n) is 1.29. The molecule has 0 saturated carbocycles. The zero-order valence-corrected chi connectivity index (χ0v) is 8.47. The van der Waals surface area contributed by atoms with Crippen LogP contribution in [0.1, 0.15) is 13.8 Å². The van der Waals surface area contributed by atoms with E-state index >= 15 is 0 Å². The molecule has 0 aliphatic rings. The molecule has 1 amide bonds. The number of aromatic nitrogens is 2. The van der Waals surface area contributed by atoms with Crippen LogP contribution in [0.4, 0.5) is 5.82 Å². The number of rotatable bonds is 2. The van der Waals surface area contributed by atoms with Gasteiger partial charge in [0.25, 0.3) is 0 Å². The number of halogens is 1. The van der Waals surface area contributed by atoms with Crippen LogP contribution in [-0.2, 0) is 4.79 Å². The van der Waals surface area contributed by atoms with Crippen LogP contribution in [0.25, 0.3) is 0 Å². The summed E-state index contributed by atoms with van der Waals surface area (Å²) in [5.74, 6) is 0.499. The van der Waals surface area contributed by atoms with Gasteiger partial charge in [0, 0.05) is 6.07 Å². The standard InChI is InChI=1S/C7H10BrN3O/c1-7(2,8)6(12)10-5-3-4-9-11-5/h3-4H,1-2H3,(H2,9,10,11,12). The normalized spacial score (nSPS) is 11.2. The molecule has 0 saturated heterocycles. The van der Waals surface area contributed by atoms with Gasteiger partial charge in [-0.2, -0.15) is 5.10 Å². The average Bonchev–Trinajstić information content (AvgIpc) is 2.37. The van der Waals surface area contributed by atoms with E-state index in [0.717, 1.165) is 0 Å². The van der Waals surface area contributed by atoms with Crippen molar-refractivity contribution in [3.8, 4) is 0 Å². The minimum atomic E-state index is -0.557. The van der Waals surface area contributed by atoms with E-state index in [1.165, 1.54) is 0 Å². The summed E-state index contributed by atoms with van der Waals surface area (Å²) >= 11 is 3.24. The molecule has 0 radical (unpaired) electrons. The number of hydrogen-bond acceptors (Lipinski definition) is 2. The lowest BCUT2D eigenvalue weighted by molar-refractivity contribution is -0.117. The first-order valence-electron chi connectivity index (χ1n) is 3.50. The van der Waals surface area contributed by atoms with E-state index in [0.29, 0.717) is 5.82 Å². The zero-order chi connectivity index (χ0) is 9.19. The molecule has 0 aliphatic heterocycles. The van der Waals surface area contributed by atoms with Gasteiger partial charge in [0.05, 0.1) is 10.5 Å². The van der Waals surface area contributed by atoms with E-state index in [-0.39, 0.29) is 5.91 Å². The van der Waals surface area contributed by atoms with E-state index in [2.05, 4.69) is 31.4 Å². The first kappa shape index (κ1) is 9.25. The lowest BCUT2D eigenvalue weighted by Gasteiger charge is -2.14. The number of nitrogens with zero attached hydrogens (tertiary/aromatic N) is 1. The number of H-pyrrole nitrogens is 1. The molecule has 0 aromatic carbocycles. The van der Waals surface area contributed by atoms with E-state index in [1.807, 2.05) is 0 Å². The Kier molecular flexibility index (Phi) is 2.52. The molecule has 1 aromatic heterocycles. The number of hydrogen-bond donors (Lipinski definition) is 2. The summed E-state index contributed by atoms with van der Waals surface area (Å²) in [5, 5.41) is 9.00. The Morgan fingerprint density at radius 3 is 2.83 bits per heavy atom. The topological polar surface area (TPSA) is 57.8 Å². The molecule has 0 atom stereocenters. The molecule has 0 spiro atoms. The number of aromatic amines is 1. The molecule has 0 unspecified atom stereocenters. The minimum absolute atomic E-state index is 0.105. The highest BCUT2D eigenvalue weighted by atomic mass is 79.9. The minimum Gasteiger partial charge on any atom is -0.310 e. The van der Waals surface area contributed by atoms with Crippen LogP contribution in [0, 0.1) is 0 Å². The summed E-state index contributed by atoms with van der Waals surface area (Å²) in [6.45, 7) is 3.55. The number of anilines is 1. The van der Waals surface area contributed by atoms with Crippen LogP contribution in [0.15, 0.2) is 12.3 Å². The molecule has 1 rings (SSSR count). The molecule has 12 heavy (non-hydrogen) atoms. The Bertz CT molecular complexity index is 263. The van der Waals surface area contributed by atoms with E-state index in [1.54, 1.807) is 26.1 Å². The summed E-state index contributed by atoms with van der Waals surface area (Å²) < 4.78 is -0.557. The van der Waals surface area contributed by atoms with Crippen molar-refractivity contribution in [3.63, 3.8) is 0 Å². The molecule has 5 heteroatoms. The first-order valence-corrected chi connectivity index (χ1v) is 4.29. The summed E-state index contributed by atoms with van der Waals surface area (Å²) in [6, 6.07) is 1.69. The van der Waals surface area contributed by atoms with Gasteiger partial charge in [-0.05, 0) is 13.8 Å². The predicted molar refractivity (Wildman–Crippen MR) is 50.2 cm³/mol. The van der Waals surface area contributed by atoms with Crippen molar-refractivity contribution < 1.29 is 4.79 Å². The van der Waals surface area contributed by atoms with Crippen molar-refractivity contribution in [2.75, 3.05) is 5.32 Å². The fourth-order valence-electron chi connectivity index (χ4n) is 0.596. The number of carbonyl (C=O) groups is 1. The van der Waals surface area contributed by atoms with E-state index in [9.17, 15) is 4.79 Å². The molecule has 0 bridgehead atoms. The Labute approximate surface area is 78.9 Å². The van der Waals surface area contributed by atoms with Crippen molar-refractivity contribution >= 4 is 27.7 Å². The average molecular weight is 232 g/mol. The molecule has 0 aliphatic carbocycles. The molecule has 2 N–H and O–H groups in total. The number of amides is 1. The molecule has 66 valence electrons. The Morgan fingerprint density at radius 1 is 1.75 bits per heavy atom. The van der Waals surface area contributed by atoms with E-state index in [4.69, 9.17) is 0 Å². The molecule has 4 nitrogen and oxygen atoms in total. The summed E-state index contributed by atoms with van der Waals surface area (Å²) in [7, 11) is 0. The van der Waals surface area contributed by atoms with Gasteiger partial charge < -0.3 is 5.32 Å². The second-order valence-electron chi connectivity index (χ2n) is 2.90. The van der Waals surface area contributed by atoms with Crippen LogP contribution in [0.2, 0.25) is 0 Å². The van der Waals surface area contributed by atoms with Crippen LogP contribution < -0.4 is 5.32 Å². The summed E-state index contributed by atoms with van der Waals surface area (Å²) in [5.41, 5.74) is 0. The van der Waals surface area contributed by atoms with Crippen LogP contribution in [0.5, 0.6) is 0 Å². The third-order valence-corrected chi connectivity index (χ3v) is 1.65. The van der Waals surface area contributed by atoms with Gasteiger partial charge in [-0.15, -0.1) is 0 Å². The van der Waals surface area contributed by atoms with Crippen LogP contribution >= 0.6 is 15.9 Å². The predicted octanol–water partition coefficient (Wildman–Crippen LogP) is 1.52. The van der Waals surface area contributed by atoms with Gasteiger partial charge in [-0.3, -0.25) is 9.89 Å². The van der Waals surface area contributed by atoms with Gasteiger partial charge in [0.1, 0.15) is 5.82 Å². The van der Waals surface area contributed by atoms with E-state index < -0.39 is 4.32 Å². The summed E-state index contributed by atoms with van der Waals surface area (Å²) in [6.07, 6.45) is 1.58. The van der Waals surface area contributed by atoms with Crippen LogP contribution in [0.3, 0.4) is 0 Å². The SMILES string of the molecule is CC(C)(Br)C(=O)Nc1ccn[nH]1. The number of nitrogens with one attached hydrogen (secondary N) is 2. The second-order valence-corrected chi connectivity index (χ2v) is 4.88. The third kappa shape index (κ3) is 2.34. The van der Waals surface area contributed by atoms with Crippen molar-refractivity contribution in [1.29, 1.82) is 0 Å². The lowest BCUT2D eigenvalue weighted by Crippen LogP contribution is -2.31. The Balaban J connectivity index is 2.60. The number of carbonyl (C=O) groups excluding carboxylic acids is 1. The largest absolute Gasteiger partial charge is 0.310 e. The maximum Gasteiger partial charge on any atom is 0.241 e. The van der Waals surface area contributed by atoms with Gasteiger partial charge in [-0.25, -0.2) is 0 Å². The van der Waals surface area contributed by atoms with Gasteiger partial charge in [-0.1, -0.05) is 15.9 Å². The highest BCUT2D eigenvalue weighted by Gasteiger charge is 2.23. The maximum absolute atomic E-state index is 11.3. The fraction of sp³-hybridized carbons (Fsp3) is 0.429. The highest BCUT2D eigenvalue weighted by Crippen LogP contribution is 2.17. The highest BCUT2D eigenvalue weighted by molar-refractivity contribution is 9.10. The summed E-state index contributed by atoms with van der Waals surface area (Å²) in [4.78, 5) is 11.3. The van der Waals surface area contributed by atoms with Crippen molar-refractivity contribution in [1.82, 2.24) is 10.2 Å². The number of alkyl halides is 1. The van der Waals surface area contributed by atoms with Gasteiger partial charge >= 0.3 is 0 Å². The smallest absolute Gasteiger partial charge is 0.241 e. The molecular weight excluding hydrogens is 222 g/mol. The second kappa shape index (κ2) is 3.26. The van der Waals surface area contributed by atoms with Crippen molar-refractivity contribution in [2.24, 2.45) is 0 Å². The van der Waals surface area contributed by atoms with Crippen molar-refractivity contribution in [3.05, 3.63) is 12.3 Å². The van der Waals surface area contributed by atoms with Crippen molar-refractivity contribution in [2.45, 2.75) is 18.2 Å². The van der Waals surface area contributed by atoms with Crippen LogP contribution in [-0.4, -0.2) is 20.4 Å². The van der Waals surface area contributed by atoms with Gasteiger partial charge in [0.2, 0.25) is 5.91 Å². The first-order chi connectivity index (χ1) is 5.50. The molecule has 1 aromatic rings.